The van der Waals surface area contributed by atoms with Gasteiger partial charge in [0.25, 0.3) is 0 Å². The van der Waals surface area contributed by atoms with Crippen LogP contribution in [0.4, 0.5) is 5.69 Å². The summed E-state index contributed by atoms with van der Waals surface area (Å²) in [5.74, 6) is 0.938. The van der Waals surface area contributed by atoms with E-state index in [2.05, 4.69) is 16.4 Å². The third-order valence-corrected chi connectivity index (χ3v) is 5.29. The number of benzene rings is 2. The highest BCUT2D eigenvalue weighted by atomic mass is 35.5. The third kappa shape index (κ3) is 4.26. The molecular formula is C19H19ClN2O3S. The molecule has 5 nitrogen and oxygen atoms in total. The second-order valence-corrected chi connectivity index (χ2v) is 7.19. The molecule has 26 heavy (non-hydrogen) atoms. The molecule has 1 amide bonds. The molecule has 0 unspecified atom stereocenters. The fourth-order valence-electron chi connectivity index (χ4n) is 2.59. The topological polar surface area (TPSA) is 60.5 Å². The summed E-state index contributed by atoms with van der Waals surface area (Å²) in [4.78, 5) is 16.8. The molecule has 0 aliphatic heterocycles. The number of halogens is 1. The number of aryl methyl sites for hydroxylation is 1. The first-order chi connectivity index (χ1) is 12.6. The van der Waals surface area contributed by atoms with Crippen molar-refractivity contribution in [2.75, 3.05) is 19.5 Å². The molecule has 0 spiro atoms. The number of amides is 1. The van der Waals surface area contributed by atoms with Crippen LogP contribution in [0.25, 0.3) is 10.2 Å². The number of carbonyl (C=O) groups is 1. The number of methoxy groups -OCH3 is 2. The molecule has 0 atom stereocenters. The van der Waals surface area contributed by atoms with E-state index >= 15 is 0 Å². The van der Waals surface area contributed by atoms with Gasteiger partial charge in [0.2, 0.25) is 5.91 Å². The van der Waals surface area contributed by atoms with Crippen LogP contribution >= 0.6 is 22.9 Å². The summed E-state index contributed by atoms with van der Waals surface area (Å²) >= 11 is 7.87. The van der Waals surface area contributed by atoms with Gasteiger partial charge in [-0.2, -0.15) is 0 Å². The van der Waals surface area contributed by atoms with Crippen molar-refractivity contribution in [2.24, 2.45) is 0 Å². The molecule has 0 fully saturated rings. The predicted molar refractivity (Wildman–Crippen MR) is 106 cm³/mol. The number of anilines is 1. The van der Waals surface area contributed by atoms with E-state index < -0.39 is 0 Å². The minimum atomic E-state index is -0.0970. The number of carbonyl (C=O) groups excluding carboxylic acids is 1. The number of rotatable bonds is 7. The summed E-state index contributed by atoms with van der Waals surface area (Å²) in [5, 5.41) is 4.28. The number of hydrogen-bond donors (Lipinski definition) is 1. The maximum atomic E-state index is 12.2. The molecule has 0 radical (unpaired) electrons. The predicted octanol–water partition coefficient (Wildman–Crippen LogP) is 4.93. The zero-order chi connectivity index (χ0) is 18.5. The summed E-state index contributed by atoms with van der Waals surface area (Å²) in [6.07, 6.45) is 1.88. The molecular weight excluding hydrogens is 372 g/mol. The van der Waals surface area contributed by atoms with Gasteiger partial charge in [0, 0.05) is 18.6 Å². The lowest BCUT2D eigenvalue weighted by molar-refractivity contribution is -0.116. The van der Waals surface area contributed by atoms with Crippen molar-refractivity contribution in [1.82, 2.24) is 4.98 Å². The van der Waals surface area contributed by atoms with E-state index in [1.165, 1.54) is 18.9 Å². The lowest BCUT2D eigenvalue weighted by Crippen LogP contribution is -2.12. The van der Waals surface area contributed by atoms with Gasteiger partial charge in [-0.3, -0.25) is 4.79 Å². The Bertz CT molecular complexity index is 893. The number of thiazole rings is 1. The minimum absolute atomic E-state index is 0.0970. The van der Waals surface area contributed by atoms with Crippen molar-refractivity contribution in [2.45, 2.75) is 19.3 Å². The molecule has 2 aromatic carbocycles. The normalized spacial score (nSPS) is 10.7. The van der Waals surface area contributed by atoms with Gasteiger partial charge in [0.15, 0.2) is 11.5 Å². The van der Waals surface area contributed by atoms with Crippen LogP contribution in [0.1, 0.15) is 17.8 Å². The minimum Gasteiger partial charge on any atom is -0.493 e. The average Bonchev–Trinajstić information content (AvgIpc) is 3.05. The number of hydrogen-bond acceptors (Lipinski definition) is 5. The van der Waals surface area contributed by atoms with Gasteiger partial charge in [0.05, 0.1) is 40.2 Å². The smallest absolute Gasteiger partial charge is 0.224 e. The Balaban J connectivity index is 1.57. The largest absolute Gasteiger partial charge is 0.493 e. The fourth-order valence-corrected chi connectivity index (χ4v) is 3.80. The Hall–Kier alpha value is -2.31. The Morgan fingerprint density at radius 1 is 1.19 bits per heavy atom. The van der Waals surface area contributed by atoms with E-state index in [0.29, 0.717) is 28.6 Å². The van der Waals surface area contributed by atoms with Crippen molar-refractivity contribution >= 4 is 44.7 Å². The van der Waals surface area contributed by atoms with Crippen molar-refractivity contribution in [3.8, 4) is 11.5 Å². The monoisotopic (exact) mass is 390 g/mol. The third-order valence-electron chi connectivity index (χ3n) is 3.88. The molecule has 1 heterocycles. The summed E-state index contributed by atoms with van der Waals surface area (Å²) in [7, 11) is 3.07. The first-order valence-corrected chi connectivity index (χ1v) is 9.36. The van der Waals surface area contributed by atoms with E-state index in [9.17, 15) is 4.79 Å². The zero-order valence-electron chi connectivity index (χ0n) is 14.5. The summed E-state index contributed by atoms with van der Waals surface area (Å²) in [6.45, 7) is 0. The van der Waals surface area contributed by atoms with E-state index in [0.717, 1.165) is 23.4 Å². The second kappa shape index (κ2) is 8.38. The first kappa shape index (κ1) is 18.5. The van der Waals surface area contributed by atoms with Gasteiger partial charge < -0.3 is 14.8 Å². The second-order valence-electron chi connectivity index (χ2n) is 5.66. The molecule has 136 valence electrons. The number of fused-ring (bicyclic) bond motifs is 1. The molecule has 0 aliphatic carbocycles. The lowest BCUT2D eigenvalue weighted by Gasteiger charge is -2.12. The molecule has 1 N–H and O–H groups in total. The van der Waals surface area contributed by atoms with Crippen LogP contribution in [0.2, 0.25) is 5.02 Å². The summed E-state index contributed by atoms with van der Waals surface area (Å²) in [6, 6.07) is 11.3. The molecule has 0 aliphatic rings. The lowest BCUT2D eigenvalue weighted by atomic mass is 10.2. The Morgan fingerprint density at radius 3 is 2.65 bits per heavy atom. The van der Waals surface area contributed by atoms with Crippen molar-refractivity contribution in [3.05, 3.63) is 46.4 Å². The Kier molecular flexibility index (Phi) is 5.96. The van der Waals surface area contributed by atoms with Crippen LogP contribution < -0.4 is 14.8 Å². The van der Waals surface area contributed by atoms with E-state index in [1.807, 2.05) is 18.2 Å². The van der Waals surface area contributed by atoms with E-state index in [-0.39, 0.29) is 5.91 Å². The number of aromatic nitrogens is 1. The Labute approximate surface area is 160 Å². The molecule has 0 bridgehead atoms. The van der Waals surface area contributed by atoms with Crippen LogP contribution in [0.5, 0.6) is 11.5 Å². The number of nitrogens with zero attached hydrogens (tertiary/aromatic N) is 1. The van der Waals surface area contributed by atoms with Gasteiger partial charge in [-0.15, -0.1) is 11.3 Å². The molecule has 7 heteroatoms. The SMILES string of the molecule is COc1cc(Cl)c(NC(=O)CCCc2nc3ccccc3s2)cc1OC. The number of ether oxygens (including phenoxy) is 2. The number of para-hydroxylation sites is 1. The van der Waals surface area contributed by atoms with Gasteiger partial charge in [-0.25, -0.2) is 4.98 Å². The first-order valence-electron chi connectivity index (χ1n) is 8.16. The highest BCUT2D eigenvalue weighted by molar-refractivity contribution is 7.18. The van der Waals surface area contributed by atoms with E-state index in [4.69, 9.17) is 21.1 Å². The van der Waals surface area contributed by atoms with Crippen molar-refractivity contribution < 1.29 is 14.3 Å². The van der Waals surface area contributed by atoms with Crippen LogP contribution in [-0.4, -0.2) is 25.1 Å². The molecule has 3 aromatic rings. The molecule has 1 aromatic heterocycles. The fraction of sp³-hybridized carbons (Fsp3) is 0.263. The zero-order valence-corrected chi connectivity index (χ0v) is 16.1. The van der Waals surface area contributed by atoms with Crippen LogP contribution in [-0.2, 0) is 11.2 Å². The highest BCUT2D eigenvalue weighted by Crippen LogP contribution is 2.36. The highest BCUT2D eigenvalue weighted by Gasteiger charge is 2.12. The Morgan fingerprint density at radius 2 is 1.92 bits per heavy atom. The molecule has 0 saturated heterocycles. The van der Waals surface area contributed by atoms with Crippen molar-refractivity contribution in [3.63, 3.8) is 0 Å². The van der Waals surface area contributed by atoms with Gasteiger partial charge >= 0.3 is 0 Å². The summed E-state index contributed by atoms with van der Waals surface area (Å²) in [5.41, 5.74) is 1.52. The summed E-state index contributed by atoms with van der Waals surface area (Å²) < 4.78 is 11.6. The van der Waals surface area contributed by atoms with E-state index in [1.54, 1.807) is 23.5 Å². The average molecular weight is 391 g/mol. The van der Waals surface area contributed by atoms with Crippen molar-refractivity contribution in [1.29, 1.82) is 0 Å². The number of nitrogens with one attached hydrogen (secondary N) is 1. The standard InChI is InChI=1S/C19H19ClN2O3S/c1-24-15-10-12(20)14(11-16(15)25-2)21-18(23)8-5-9-19-22-13-6-3-4-7-17(13)26-19/h3-4,6-7,10-11H,5,8-9H2,1-2H3,(H,21,23). The van der Waals surface area contributed by atoms with Crippen LogP contribution in [0.15, 0.2) is 36.4 Å². The quantitative estimate of drug-likeness (QED) is 0.621. The maximum absolute atomic E-state index is 12.2. The van der Waals surface area contributed by atoms with Crippen LogP contribution in [0, 0.1) is 0 Å². The van der Waals surface area contributed by atoms with Gasteiger partial charge in [-0.05, 0) is 25.0 Å². The maximum Gasteiger partial charge on any atom is 0.224 e. The van der Waals surface area contributed by atoms with Gasteiger partial charge in [-0.1, -0.05) is 23.7 Å². The van der Waals surface area contributed by atoms with Gasteiger partial charge in [0.1, 0.15) is 0 Å². The molecule has 0 saturated carbocycles. The van der Waals surface area contributed by atoms with Crippen LogP contribution in [0.3, 0.4) is 0 Å². The molecule has 3 rings (SSSR count).